The Morgan fingerprint density at radius 2 is 1.67 bits per heavy atom. The van der Waals surface area contributed by atoms with Gasteiger partial charge in [-0.3, -0.25) is 0 Å². The topological polar surface area (TPSA) is 3.24 Å². The number of aryl methyl sites for hydroxylation is 1. The monoisotopic (exact) mass is 307 g/mol. The third kappa shape index (κ3) is 3.81. The van der Waals surface area contributed by atoms with Gasteiger partial charge >= 0.3 is 0 Å². The second kappa shape index (κ2) is 7.65. The van der Waals surface area contributed by atoms with Crippen LogP contribution in [0.5, 0.6) is 0 Å². The minimum Gasteiger partial charge on any atom is -0.306 e. The standard InChI is InChI=1S/C19H29N.ClH/c1-20(2)17-13-12-16-10-7-11-18(19(16)14-17)15-8-5-3-4-6-9-15;/h7,10-11,15,17H,3-6,8-9,12-14H2,1-2H3;1H/t17-;/m1./s1. The van der Waals surface area contributed by atoms with E-state index in [4.69, 9.17) is 0 Å². The van der Waals surface area contributed by atoms with Gasteiger partial charge in [-0.15, -0.1) is 12.4 Å². The molecule has 0 aromatic heterocycles. The van der Waals surface area contributed by atoms with Crippen molar-refractivity contribution >= 4 is 12.4 Å². The van der Waals surface area contributed by atoms with Crippen LogP contribution in [0.15, 0.2) is 18.2 Å². The summed E-state index contributed by atoms with van der Waals surface area (Å²) in [4.78, 5) is 2.42. The molecule has 0 spiro atoms. The number of rotatable bonds is 2. The Hall–Kier alpha value is -0.530. The van der Waals surface area contributed by atoms with Gasteiger partial charge in [0.1, 0.15) is 0 Å². The molecule has 2 aliphatic carbocycles. The Kier molecular flexibility index (Phi) is 6.13. The second-order valence-electron chi connectivity index (χ2n) is 7.03. The van der Waals surface area contributed by atoms with E-state index in [0.717, 1.165) is 12.0 Å². The Bertz CT molecular complexity index is 447. The van der Waals surface area contributed by atoms with E-state index < -0.39 is 0 Å². The molecule has 0 saturated heterocycles. The third-order valence-electron chi connectivity index (χ3n) is 5.52. The highest BCUT2D eigenvalue weighted by atomic mass is 35.5. The lowest BCUT2D eigenvalue weighted by Gasteiger charge is -2.32. The average Bonchev–Trinajstić information content (AvgIpc) is 2.75. The Morgan fingerprint density at radius 3 is 2.33 bits per heavy atom. The highest BCUT2D eigenvalue weighted by Gasteiger charge is 2.25. The third-order valence-corrected chi connectivity index (χ3v) is 5.52. The van der Waals surface area contributed by atoms with Gasteiger partial charge in [0.05, 0.1) is 0 Å². The first kappa shape index (κ1) is 16.8. The average molecular weight is 308 g/mol. The van der Waals surface area contributed by atoms with Crippen LogP contribution >= 0.6 is 12.4 Å². The molecule has 1 aromatic carbocycles. The lowest BCUT2D eigenvalue weighted by atomic mass is 9.79. The molecule has 1 fully saturated rings. The maximum absolute atomic E-state index is 2.44. The van der Waals surface area contributed by atoms with Gasteiger partial charge in [0.15, 0.2) is 0 Å². The highest BCUT2D eigenvalue weighted by Crippen LogP contribution is 2.37. The number of halogens is 1. The molecule has 0 aliphatic heterocycles. The number of nitrogens with zero attached hydrogens (tertiary/aromatic N) is 1. The Balaban J connectivity index is 0.00000161. The molecule has 3 rings (SSSR count). The van der Waals surface area contributed by atoms with E-state index >= 15 is 0 Å². The predicted molar refractivity (Wildman–Crippen MR) is 93.6 cm³/mol. The number of hydrogen-bond acceptors (Lipinski definition) is 1. The van der Waals surface area contributed by atoms with Gasteiger partial charge in [-0.25, -0.2) is 0 Å². The Morgan fingerprint density at radius 1 is 0.952 bits per heavy atom. The van der Waals surface area contributed by atoms with Crippen LogP contribution in [-0.2, 0) is 12.8 Å². The van der Waals surface area contributed by atoms with E-state index in [1.165, 1.54) is 57.8 Å². The van der Waals surface area contributed by atoms with Gasteiger partial charge < -0.3 is 4.90 Å². The lowest BCUT2D eigenvalue weighted by Crippen LogP contribution is -2.34. The van der Waals surface area contributed by atoms with E-state index in [2.05, 4.69) is 37.2 Å². The summed E-state index contributed by atoms with van der Waals surface area (Å²) in [5.74, 6) is 0.841. The van der Waals surface area contributed by atoms with Gasteiger partial charge in [-0.1, -0.05) is 43.9 Å². The quantitative estimate of drug-likeness (QED) is 0.698. The van der Waals surface area contributed by atoms with Gasteiger partial charge in [0, 0.05) is 6.04 Å². The van der Waals surface area contributed by atoms with Crippen molar-refractivity contribution in [1.82, 2.24) is 4.90 Å². The van der Waals surface area contributed by atoms with Crippen LogP contribution in [0.4, 0.5) is 0 Å². The first-order chi connectivity index (χ1) is 9.75. The highest BCUT2D eigenvalue weighted by molar-refractivity contribution is 5.85. The normalized spacial score (nSPS) is 23.3. The van der Waals surface area contributed by atoms with Crippen molar-refractivity contribution in [3.63, 3.8) is 0 Å². The molecule has 0 amide bonds. The van der Waals surface area contributed by atoms with Crippen LogP contribution in [0.3, 0.4) is 0 Å². The van der Waals surface area contributed by atoms with E-state index in [1.807, 2.05) is 0 Å². The van der Waals surface area contributed by atoms with Crippen LogP contribution < -0.4 is 0 Å². The van der Waals surface area contributed by atoms with Crippen molar-refractivity contribution in [2.75, 3.05) is 14.1 Å². The minimum atomic E-state index is 0. The number of fused-ring (bicyclic) bond motifs is 1. The summed E-state index contributed by atoms with van der Waals surface area (Å²) in [7, 11) is 4.48. The summed E-state index contributed by atoms with van der Waals surface area (Å²) in [6, 6.07) is 7.87. The molecule has 21 heavy (non-hydrogen) atoms. The largest absolute Gasteiger partial charge is 0.306 e. The number of benzene rings is 1. The predicted octanol–water partition coefficient (Wildman–Crippen LogP) is 4.97. The van der Waals surface area contributed by atoms with Crippen LogP contribution in [0.25, 0.3) is 0 Å². The smallest absolute Gasteiger partial charge is 0.0133 e. The van der Waals surface area contributed by atoms with Crippen molar-refractivity contribution in [2.24, 2.45) is 0 Å². The molecule has 0 heterocycles. The van der Waals surface area contributed by atoms with Crippen LogP contribution in [0.2, 0.25) is 0 Å². The first-order valence-corrected chi connectivity index (χ1v) is 8.53. The summed E-state index contributed by atoms with van der Waals surface area (Å²) in [5.41, 5.74) is 5.06. The number of likely N-dealkylation sites (N-methyl/N-ethyl adjacent to an activating group) is 1. The molecular weight excluding hydrogens is 278 g/mol. The van der Waals surface area contributed by atoms with Gasteiger partial charge in [0.25, 0.3) is 0 Å². The Labute approximate surface area is 136 Å². The van der Waals surface area contributed by atoms with Crippen LogP contribution in [0.1, 0.15) is 67.6 Å². The number of hydrogen-bond donors (Lipinski definition) is 0. The van der Waals surface area contributed by atoms with Gasteiger partial charge in [-0.2, -0.15) is 0 Å². The summed E-state index contributed by atoms with van der Waals surface area (Å²) in [5, 5.41) is 0. The zero-order chi connectivity index (χ0) is 13.9. The van der Waals surface area contributed by atoms with Gasteiger partial charge in [0.2, 0.25) is 0 Å². The maximum atomic E-state index is 2.44. The summed E-state index contributed by atoms with van der Waals surface area (Å²) in [6.45, 7) is 0. The molecule has 1 atom stereocenters. The molecule has 1 aromatic rings. The van der Waals surface area contributed by atoms with E-state index in [1.54, 1.807) is 16.7 Å². The molecule has 2 aliphatic rings. The van der Waals surface area contributed by atoms with Crippen LogP contribution in [0, 0.1) is 0 Å². The van der Waals surface area contributed by atoms with Crippen molar-refractivity contribution in [3.8, 4) is 0 Å². The minimum absolute atomic E-state index is 0. The summed E-state index contributed by atoms with van der Waals surface area (Å²) < 4.78 is 0. The second-order valence-corrected chi connectivity index (χ2v) is 7.03. The fourth-order valence-electron chi connectivity index (χ4n) is 4.21. The zero-order valence-electron chi connectivity index (χ0n) is 13.6. The molecule has 1 saturated carbocycles. The molecule has 0 N–H and O–H groups in total. The molecule has 0 bridgehead atoms. The maximum Gasteiger partial charge on any atom is 0.0133 e. The first-order valence-electron chi connectivity index (χ1n) is 8.53. The SMILES string of the molecule is CN(C)[C@@H]1CCc2cccc(C3CCCCCC3)c2C1.Cl. The molecule has 1 nitrogen and oxygen atoms in total. The molecule has 0 radical (unpaired) electrons. The van der Waals surface area contributed by atoms with Crippen molar-refractivity contribution in [3.05, 3.63) is 34.9 Å². The van der Waals surface area contributed by atoms with Crippen molar-refractivity contribution in [2.45, 2.75) is 69.7 Å². The molecule has 2 heteroatoms. The zero-order valence-corrected chi connectivity index (χ0v) is 14.4. The van der Waals surface area contributed by atoms with E-state index in [-0.39, 0.29) is 12.4 Å². The van der Waals surface area contributed by atoms with Crippen LogP contribution in [-0.4, -0.2) is 25.0 Å². The van der Waals surface area contributed by atoms with E-state index in [0.29, 0.717) is 0 Å². The molecule has 118 valence electrons. The summed E-state index contributed by atoms with van der Waals surface area (Å²) in [6.07, 6.45) is 12.5. The fraction of sp³-hybridized carbons (Fsp3) is 0.684. The van der Waals surface area contributed by atoms with Crippen molar-refractivity contribution < 1.29 is 0 Å². The molecule has 0 unspecified atom stereocenters. The van der Waals surface area contributed by atoms with Gasteiger partial charge in [-0.05, 0) is 68.8 Å². The molecular formula is C19H30ClN. The van der Waals surface area contributed by atoms with Crippen molar-refractivity contribution in [1.29, 1.82) is 0 Å². The summed E-state index contributed by atoms with van der Waals surface area (Å²) >= 11 is 0. The lowest BCUT2D eigenvalue weighted by molar-refractivity contribution is 0.267. The van der Waals surface area contributed by atoms with E-state index in [9.17, 15) is 0 Å². The fourth-order valence-corrected chi connectivity index (χ4v) is 4.21.